The number of benzene rings is 1. The minimum absolute atomic E-state index is 0.332. The second-order valence-electron chi connectivity index (χ2n) is 6.20. The SMILES string of the molecule is CCNC(=NCc1ccc(C)cc1OC)NCCN(C)S(=O)(=O)c1cccs1. The number of sulfonamides is 1. The van der Waals surface area contributed by atoms with Crippen LogP contribution in [0.1, 0.15) is 18.1 Å². The van der Waals surface area contributed by atoms with Crippen LogP contribution >= 0.6 is 11.3 Å². The molecule has 28 heavy (non-hydrogen) atoms. The molecule has 0 bridgehead atoms. The number of aliphatic imine (C=N–C) groups is 1. The van der Waals surface area contributed by atoms with Gasteiger partial charge in [-0.2, -0.15) is 4.31 Å². The molecule has 0 spiro atoms. The van der Waals surface area contributed by atoms with Crippen molar-refractivity contribution in [2.45, 2.75) is 24.6 Å². The zero-order valence-corrected chi connectivity index (χ0v) is 18.4. The third-order valence-electron chi connectivity index (χ3n) is 4.07. The highest BCUT2D eigenvalue weighted by molar-refractivity contribution is 7.91. The van der Waals surface area contributed by atoms with Gasteiger partial charge in [-0.05, 0) is 36.9 Å². The first kappa shape index (κ1) is 22.2. The fraction of sp³-hybridized carbons (Fsp3) is 0.421. The molecule has 7 nitrogen and oxygen atoms in total. The van der Waals surface area contributed by atoms with Gasteiger partial charge in [0, 0.05) is 32.2 Å². The van der Waals surface area contributed by atoms with E-state index in [2.05, 4.69) is 15.6 Å². The number of aryl methyl sites for hydroxylation is 1. The number of nitrogens with one attached hydrogen (secondary N) is 2. The number of ether oxygens (including phenoxy) is 1. The van der Waals surface area contributed by atoms with Crippen LogP contribution in [0.5, 0.6) is 5.75 Å². The van der Waals surface area contributed by atoms with Gasteiger partial charge in [-0.25, -0.2) is 13.4 Å². The molecule has 1 aromatic heterocycles. The van der Waals surface area contributed by atoms with Gasteiger partial charge in [0.25, 0.3) is 10.0 Å². The van der Waals surface area contributed by atoms with Crippen molar-refractivity contribution < 1.29 is 13.2 Å². The molecule has 1 aromatic carbocycles. The first-order chi connectivity index (χ1) is 13.4. The lowest BCUT2D eigenvalue weighted by atomic mass is 10.1. The fourth-order valence-corrected chi connectivity index (χ4v) is 4.88. The number of hydrogen-bond acceptors (Lipinski definition) is 5. The summed E-state index contributed by atoms with van der Waals surface area (Å²) in [5.74, 6) is 1.44. The van der Waals surface area contributed by atoms with Crippen molar-refractivity contribution in [2.75, 3.05) is 33.8 Å². The minimum atomic E-state index is -3.44. The Kier molecular flexibility index (Phi) is 8.28. The maximum absolute atomic E-state index is 12.5. The third-order valence-corrected chi connectivity index (χ3v) is 7.30. The molecule has 2 N–H and O–H groups in total. The molecule has 0 aliphatic rings. The average molecular weight is 425 g/mol. The van der Waals surface area contributed by atoms with E-state index in [-0.39, 0.29) is 0 Å². The van der Waals surface area contributed by atoms with Gasteiger partial charge in [0.2, 0.25) is 0 Å². The average Bonchev–Trinajstić information content (AvgIpc) is 3.22. The van der Waals surface area contributed by atoms with Crippen LogP contribution in [0, 0.1) is 6.92 Å². The highest BCUT2D eigenvalue weighted by atomic mass is 32.2. The summed E-state index contributed by atoms with van der Waals surface area (Å²) in [4.78, 5) is 4.58. The van der Waals surface area contributed by atoms with E-state index in [4.69, 9.17) is 4.74 Å². The Balaban J connectivity index is 1.96. The maximum Gasteiger partial charge on any atom is 0.252 e. The summed E-state index contributed by atoms with van der Waals surface area (Å²) >= 11 is 1.22. The fourth-order valence-electron chi connectivity index (χ4n) is 2.50. The number of methoxy groups -OCH3 is 1. The molecule has 0 amide bonds. The monoisotopic (exact) mass is 424 g/mol. The van der Waals surface area contributed by atoms with Crippen molar-refractivity contribution in [2.24, 2.45) is 4.99 Å². The van der Waals surface area contributed by atoms with Gasteiger partial charge in [-0.1, -0.05) is 18.2 Å². The molecule has 0 fully saturated rings. The highest BCUT2D eigenvalue weighted by Crippen LogP contribution is 2.21. The summed E-state index contributed by atoms with van der Waals surface area (Å²) in [5, 5.41) is 8.12. The van der Waals surface area contributed by atoms with Crippen LogP contribution in [0.2, 0.25) is 0 Å². The van der Waals surface area contributed by atoms with Crippen LogP contribution in [0.3, 0.4) is 0 Å². The molecule has 2 rings (SSSR count). The van der Waals surface area contributed by atoms with Crippen LogP contribution in [0.15, 0.2) is 44.9 Å². The molecule has 0 unspecified atom stereocenters. The van der Waals surface area contributed by atoms with E-state index in [1.807, 2.05) is 32.0 Å². The molecular formula is C19H28N4O3S2. The van der Waals surface area contributed by atoms with Gasteiger partial charge in [0.05, 0.1) is 13.7 Å². The summed E-state index contributed by atoms with van der Waals surface area (Å²) in [5.41, 5.74) is 2.12. The summed E-state index contributed by atoms with van der Waals surface area (Å²) in [6.07, 6.45) is 0. The number of likely N-dealkylation sites (N-methyl/N-ethyl adjacent to an activating group) is 1. The third kappa shape index (κ3) is 5.95. The maximum atomic E-state index is 12.5. The van der Waals surface area contributed by atoms with Crippen molar-refractivity contribution >= 4 is 27.3 Å². The summed E-state index contributed by atoms with van der Waals surface area (Å²) in [7, 11) is -0.210. The molecule has 2 aromatic rings. The molecule has 0 aliphatic carbocycles. The molecule has 0 aliphatic heterocycles. The number of guanidine groups is 1. The predicted octanol–water partition coefficient (Wildman–Crippen LogP) is 2.44. The lowest BCUT2D eigenvalue weighted by Gasteiger charge is -2.18. The van der Waals surface area contributed by atoms with Gasteiger partial charge >= 0.3 is 0 Å². The number of hydrogen-bond donors (Lipinski definition) is 2. The summed E-state index contributed by atoms with van der Waals surface area (Å²) < 4.78 is 32.0. The smallest absolute Gasteiger partial charge is 0.252 e. The Morgan fingerprint density at radius 3 is 2.71 bits per heavy atom. The Morgan fingerprint density at radius 1 is 1.29 bits per heavy atom. The van der Waals surface area contributed by atoms with Crippen molar-refractivity contribution in [3.05, 3.63) is 46.8 Å². The van der Waals surface area contributed by atoms with E-state index < -0.39 is 10.0 Å². The molecular weight excluding hydrogens is 396 g/mol. The van der Waals surface area contributed by atoms with Crippen molar-refractivity contribution in [3.63, 3.8) is 0 Å². The van der Waals surface area contributed by atoms with Crippen molar-refractivity contribution in [3.8, 4) is 5.75 Å². The van der Waals surface area contributed by atoms with E-state index in [1.54, 1.807) is 31.7 Å². The van der Waals surface area contributed by atoms with Gasteiger partial charge in [0.1, 0.15) is 9.96 Å². The van der Waals surface area contributed by atoms with Crippen LogP contribution < -0.4 is 15.4 Å². The topological polar surface area (TPSA) is 83.0 Å². The highest BCUT2D eigenvalue weighted by Gasteiger charge is 2.21. The second-order valence-corrected chi connectivity index (χ2v) is 9.42. The lowest BCUT2D eigenvalue weighted by Crippen LogP contribution is -2.42. The molecule has 0 saturated carbocycles. The van der Waals surface area contributed by atoms with Gasteiger partial charge < -0.3 is 15.4 Å². The predicted molar refractivity (Wildman–Crippen MR) is 115 cm³/mol. The molecule has 1 heterocycles. The summed E-state index contributed by atoms with van der Waals surface area (Å²) in [6.45, 7) is 5.94. The van der Waals surface area contributed by atoms with Crippen LogP contribution in [0.25, 0.3) is 0 Å². The van der Waals surface area contributed by atoms with E-state index in [1.165, 1.54) is 15.6 Å². The zero-order valence-electron chi connectivity index (χ0n) is 16.7. The van der Waals surface area contributed by atoms with Crippen molar-refractivity contribution in [1.82, 2.24) is 14.9 Å². The lowest BCUT2D eigenvalue weighted by molar-refractivity contribution is 0.409. The first-order valence-corrected chi connectivity index (χ1v) is 11.4. The van der Waals surface area contributed by atoms with Crippen LogP contribution in [0.4, 0.5) is 0 Å². The molecule has 0 radical (unpaired) electrons. The summed E-state index contributed by atoms with van der Waals surface area (Å²) in [6, 6.07) is 9.36. The first-order valence-electron chi connectivity index (χ1n) is 9.04. The van der Waals surface area contributed by atoms with Crippen molar-refractivity contribution in [1.29, 1.82) is 0 Å². The Morgan fingerprint density at radius 2 is 2.07 bits per heavy atom. The molecule has 9 heteroatoms. The Labute approximate surface area is 171 Å². The van der Waals surface area contributed by atoms with Gasteiger partial charge in [-0.15, -0.1) is 11.3 Å². The Hall–Kier alpha value is -2.10. The number of thiophene rings is 1. The van der Waals surface area contributed by atoms with Crippen LogP contribution in [-0.2, 0) is 16.6 Å². The minimum Gasteiger partial charge on any atom is -0.496 e. The van der Waals surface area contributed by atoms with Gasteiger partial charge in [-0.3, -0.25) is 0 Å². The zero-order chi connectivity index (χ0) is 20.6. The molecule has 0 saturated heterocycles. The van der Waals surface area contributed by atoms with E-state index in [9.17, 15) is 8.42 Å². The standard InChI is InChI=1S/C19H28N4O3S2/c1-5-20-19(22-14-16-9-8-15(2)13-17(16)26-4)21-10-11-23(3)28(24,25)18-7-6-12-27-18/h6-9,12-13H,5,10-11,14H2,1-4H3,(H2,20,21,22). The largest absolute Gasteiger partial charge is 0.496 e. The molecule has 154 valence electrons. The quantitative estimate of drug-likeness (QED) is 0.477. The van der Waals surface area contributed by atoms with Crippen LogP contribution in [-0.4, -0.2) is 52.5 Å². The van der Waals surface area contributed by atoms with E-state index in [0.717, 1.165) is 16.9 Å². The second kappa shape index (κ2) is 10.4. The van der Waals surface area contributed by atoms with E-state index >= 15 is 0 Å². The van der Waals surface area contributed by atoms with Gasteiger partial charge in [0.15, 0.2) is 5.96 Å². The normalized spacial score (nSPS) is 12.2. The number of nitrogens with zero attached hydrogens (tertiary/aromatic N) is 2. The Bertz CT molecular complexity index is 881. The number of rotatable bonds is 9. The molecule has 0 atom stereocenters. The van der Waals surface area contributed by atoms with E-state index in [0.29, 0.717) is 36.3 Å².